The van der Waals surface area contributed by atoms with E-state index in [-0.39, 0.29) is 64.0 Å². The summed E-state index contributed by atoms with van der Waals surface area (Å²) < 4.78 is 49.3. The molecule has 3 heterocycles. The molecule has 1 saturated heterocycles. The average molecular weight is 1280 g/mol. The lowest BCUT2D eigenvalue weighted by Crippen LogP contribution is -2.33. The van der Waals surface area contributed by atoms with Crippen molar-refractivity contribution >= 4 is 60.6 Å². The monoisotopic (exact) mass is 1280 g/mol. The summed E-state index contributed by atoms with van der Waals surface area (Å²) in [4.78, 5) is 83.6. The third-order valence-corrected chi connectivity index (χ3v) is 14.9. The number of fused-ring (bicyclic) bond motifs is 1. The zero-order valence-corrected chi connectivity index (χ0v) is 53.5. The van der Waals surface area contributed by atoms with Crippen molar-refractivity contribution in [2.24, 2.45) is 11.8 Å². The molecule has 0 bridgehead atoms. The zero-order valence-electron chi connectivity index (χ0n) is 52.6. The van der Waals surface area contributed by atoms with Gasteiger partial charge in [0.2, 0.25) is 0 Å². The van der Waals surface area contributed by atoms with E-state index in [9.17, 15) is 43.5 Å². The van der Waals surface area contributed by atoms with Gasteiger partial charge in [0.05, 0.1) is 38.0 Å². The van der Waals surface area contributed by atoms with Crippen LogP contribution in [-0.2, 0) is 61.1 Å². The third kappa shape index (κ3) is 29.4. The first-order chi connectivity index (χ1) is 43.3. The van der Waals surface area contributed by atoms with E-state index in [1.165, 1.54) is 69.6 Å². The lowest BCUT2D eigenvalue weighted by Gasteiger charge is -2.20. The molecule has 0 spiro atoms. The molecule has 0 radical (unpaired) electrons. The van der Waals surface area contributed by atoms with Gasteiger partial charge in [-0.05, 0) is 113 Å². The molecular formula is C66H86N5O19P. The molecule has 91 heavy (non-hydrogen) atoms. The maximum absolute atomic E-state index is 14.5. The highest BCUT2D eigenvalue weighted by Crippen LogP contribution is 2.51. The molecule has 494 valence electrons. The van der Waals surface area contributed by atoms with E-state index in [2.05, 4.69) is 15.0 Å². The molecule has 1 aliphatic rings. The normalized spacial score (nSPS) is 19.7. The predicted octanol–water partition coefficient (Wildman–Crippen LogP) is 10.9. The highest BCUT2D eigenvalue weighted by atomic mass is 31.2. The molecule has 24 nitrogen and oxygen atoms in total. The SMILES string of the molecule is COC(CC=CC=CCCC=CCC(C)C=CC(=CC(=O)O)CC(=O)O)C(C)=CC=C(C)C(=O)OP(=O)(OC[C@H]1O[C@@H](n2cnc3c(N)ncnc32)[C@H](O)[C@@H]1O)OC(=O)C(C)=CC=C(C)C(CC=CC=CCCC=CCC(C)C=CC(=CC(=O)O)CC(=O)O)OC. The van der Waals surface area contributed by atoms with Gasteiger partial charge in [-0.2, -0.15) is 0 Å². The van der Waals surface area contributed by atoms with Gasteiger partial charge in [0.15, 0.2) is 17.7 Å². The number of hydrogen-bond donors (Lipinski definition) is 7. The fourth-order valence-corrected chi connectivity index (χ4v) is 9.57. The van der Waals surface area contributed by atoms with Crippen LogP contribution in [0.3, 0.4) is 0 Å². The van der Waals surface area contributed by atoms with Crippen LogP contribution in [0.5, 0.6) is 0 Å². The molecule has 4 unspecified atom stereocenters. The van der Waals surface area contributed by atoms with Crippen LogP contribution in [0.15, 0.2) is 180 Å². The molecule has 2 aromatic rings. The number of nitrogen functional groups attached to an aromatic ring is 1. The lowest BCUT2D eigenvalue weighted by molar-refractivity contribution is -0.138. The second-order valence-corrected chi connectivity index (χ2v) is 22.8. The fourth-order valence-electron chi connectivity index (χ4n) is 8.40. The topological polar surface area (TPSA) is 366 Å². The smallest absolute Gasteiger partial charge is 0.481 e. The van der Waals surface area contributed by atoms with Crippen molar-refractivity contribution in [3.05, 3.63) is 180 Å². The number of aliphatic hydroxyl groups is 2. The van der Waals surface area contributed by atoms with Gasteiger partial charge >= 0.3 is 43.6 Å². The van der Waals surface area contributed by atoms with Gasteiger partial charge in [0.25, 0.3) is 0 Å². The Labute approximate surface area is 530 Å². The summed E-state index contributed by atoms with van der Waals surface area (Å²) in [6.45, 7) is 9.44. The Bertz CT molecular complexity index is 3130. The zero-order chi connectivity index (χ0) is 67.5. The molecule has 8 atom stereocenters. The lowest BCUT2D eigenvalue weighted by atomic mass is 10.0. The van der Waals surface area contributed by atoms with Crippen molar-refractivity contribution in [3.8, 4) is 0 Å². The number of carboxylic acids is 4. The van der Waals surface area contributed by atoms with Crippen molar-refractivity contribution < 1.29 is 91.8 Å². The maximum Gasteiger partial charge on any atom is 0.592 e. The number of nitrogens with zero attached hydrogens (tertiary/aromatic N) is 4. The number of methoxy groups -OCH3 is 2. The van der Waals surface area contributed by atoms with Crippen molar-refractivity contribution in [1.82, 2.24) is 19.5 Å². The number of unbranched alkanes of at least 4 members (excludes halogenated alkanes) is 2. The van der Waals surface area contributed by atoms with Crippen LogP contribution < -0.4 is 5.73 Å². The standard InChI is InChI=1S/C66H86N5O19P/c1-44(29-35-50(37-55(72)73)38-56(74)75)25-21-17-13-9-11-15-19-23-27-52(85-7)46(3)31-33-48(5)65(82)89-91(84,87-41-54-60(80)61(81)64(88-54)71-43-70-59-62(67)68-42-69-63(59)71)90-66(83)49(6)34-32-47(4)53(86-8)28-24-20-16-12-10-14-18-22-26-45(2)30-36-51(39-57(76)77)40-58(78)79/h11-12,15-24,29-37,39,42-45,52-54,60-61,64,80-81H,9-10,13-14,25-28,38,40-41H2,1-8H3,(H,72,73)(H,74,75)(H,76,77)(H,78,79)(H2,67,68,69)/t44?,45?,52?,53?,54-,60-,61-,64-,91?/m1/s1. The molecule has 3 rings (SSSR count). The van der Waals surface area contributed by atoms with E-state index < -0.39 is 87.0 Å². The summed E-state index contributed by atoms with van der Waals surface area (Å²) in [5.74, 6) is -6.80. The Morgan fingerprint density at radius 1 is 0.626 bits per heavy atom. The summed E-state index contributed by atoms with van der Waals surface area (Å²) >= 11 is 0. The second-order valence-electron chi connectivity index (χ2n) is 21.3. The van der Waals surface area contributed by atoms with Gasteiger partial charge < -0.3 is 59.6 Å². The summed E-state index contributed by atoms with van der Waals surface area (Å²) in [7, 11) is -2.14. The molecule has 0 saturated carbocycles. The van der Waals surface area contributed by atoms with Crippen LogP contribution in [-0.4, -0.2) is 137 Å². The van der Waals surface area contributed by atoms with Crippen molar-refractivity contribution in [2.75, 3.05) is 26.6 Å². The Hall–Kier alpha value is -8.48. The molecule has 0 amide bonds. The molecule has 1 fully saturated rings. The van der Waals surface area contributed by atoms with Gasteiger partial charge in [0, 0.05) is 37.5 Å². The van der Waals surface area contributed by atoms with E-state index in [0.717, 1.165) is 37.8 Å². The number of rotatable bonds is 40. The van der Waals surface area contributed by atoms with Crippen LogP contribution in [0.1, 0.15) is 112 Å². The second kappa shape index (κ2) is 41.0. The molecule has 2 aromatic heterocycles. The van der Waals surface area contributed by atoms with Gasteiger partial charge in [-0.15, -0.1) is 0 Å². The van der Waals surface area contributed by atoms with E-state index in [1.807, 2.05) is 86.8 Å². The number of allylic oxidation sites excluding steroid dienone is 18. The van der Waals surface area contributed by atoms with Crippen molar-refractivity contribution in [2.45, 2.75) is 142 Å². The number of carboxylic acid groups (broad SMARTS) is 4. The fraction of sp³-hybridized carbons (Fsp3) is 0.409. The highest BCUT2D eigenvalue weighted by Gasteiger charge is 2.47. The Kier molecular flexibility index (Phi) is 34.6. The molecule has 8 N–H and O–H groups in total. The number of phosphoric ester groups is 1. The number of ether oxygens (including phenoxy) is 3. The van der Waals surface area contributed by atoms with E-state index in [1.54, 1.807) is 38.2 Å². The maximum atomic E-state index is 14.5. The number of hydrogen-bond acceptors (Lipinski definition) is 19. The summed E-state index contributed by atoms with van der Waals surface area (Å²) in [5, 5.41) is 58.2. The van der Waals surface area contributed by atoms with E-state index in [4.69, 9.17) is 53.9 Å². The number of aliphatic carboxylic acids is 4. The Morgan fingerprint density at radius 2 is 1.08 bits per heavy atom. The van der Waals surface area contributed by atoms with Gasteiger partial charge in [-0.1, -0.05) is 135 Å². The summed E-state index contributed by atoms with van der Waals surface area (Å²) in [6.07, 6.45) is 38.3. The number of aromatic nitrogens is 4. The third-order valence-electron chi connectivity index (χ3n) is 13.6. The number of anilines is 1. The first kappa shape index (κ1) is 76.8. The van der Waals surface area contributed by atoms with Crippen molar-refractivity contribution in [1.29, 1.82) is 0 Å². The van der Waals surface area contributed by atoms with Crippen molar-refractivity contribution in [3.63, 3.8) is 0 Å². The predicted molar refractivity (Wildman–Crippen MR) is 342 cm³/mol. The number of phosphoric acid groups is 1. The number of nitrogens with two attached hydrogens (primary N) is 1. The summed E-state index contributed by atoms with van der Waals surface area (Å²) in [5.41, 5.74) is 8.02. The Morgan fingerprint density at radius 3 is 1.52 bits per heavy atom. The molecular weight excluding hydrogens is 1200 g/mol. The quantitative estimate of drug-likeness (QED) is 0.0107. The number of imidazole rings is 1. The van der Waals surface area contributed by atoms with Crippen LogP contribution in [0.4, 0.5) is 5.82 Å². The minimum atomic E-state index is -5.22. The van der Waals surface area contributed by atoms with Gasteiger partial charge in [-0.25, -0.2) is 38.7 Å². The molecule has 0 aromatic carbocycles. The van der Waals surface area contributed by atoms with E-state index in [0.29, 0.717) is 36.8 Å². The molecule has 0 aliphatic carbocycles. The highest BCUT2D eigenvalue weighted by molar-refractivity contribution is 7.49. The van der Waals surface area contributed by atoms with E-state index >= 15 is 0 Å². The molecule has 25 heteroatoms. The first-order valence-electron chi connectivity index (χ1n) is 29.3. The molecule has 1 aliphatic heterocycles. The number of carbonyl (C=O) groups is 6. The summed E-state index contributed by atoms with van der Waals surface area (Å²) in [6, 6.07) is 0. The van der Waals surface area contributed by atoms with Crippen LogP contribution in [0.25, 0.3) is 11.2 Å². The Balaban J connectivity index is 1.67. The first-order valence-corrected chi connectivity index (χ1v) is 30.8. The number of carbonyl (C=O) groups excluding carboxylic acids is 2. The van der Waals surface area contributed by atoms with Gasteiger partial charge in [-0.3, -0.25) is 18.7 Å². The van der Waals surface area contributed by atoms with Crippen LogP contribution in [0, 0.1) is 11.8 Å². The largest absolute Gasteiger partial charge is 0.592 e. The van der Waals surface area contributed by atoms with Crippen LogP contribution >= 0.6 is 7.82 Å². The van der Waals surface area contributed by atoms with Crippen LogP contribution in [0.2, 0.25) is 0 Å². The minimum absolute atomic E-state index is 0.0561. The minimum Gasteiger partial charge on any atom is -0.481 e. The average Bonchev–Trinajstić information content (AvgIpc) is 1.66. The number of aliphatic hydroxyl groups excluding tert-OH is 2. The van der Waals surface area contributed by atoms with Gasteiger partial charge in [0.1, 0.15) is 30.2 Å².